The Morgan fingerprint density at radius 2 is 1.91 bits per heavy atom. The molecule has 2 N–H and O–H groups in total. The Morgan fingerprint density at radius 3 is 2.48 bits per heavy atom. The molecule has 0 bridgehead atoms. The molecule has 2 aliphatic rings. The molecule has 1 aliphatic heterocycles. The summed E-state index contributed by atoms with van der Waals surface area (Å²) in [5.74, 6) is 0.779. The molecule has 2 fully saturated rings. The van der Waals surface area contributed by atoms with Gasteiger partial charge in [0.25, 0.3) is 0 Å². The molecule has 0 aromatic heterocycles. The van der Waals surface area contributed by atoms with Crippen molar-refractivity contribution < 1.29 is 15.0 Å². The van der Waals surface area contributed by atoms with Crippen molar-refractivity contribution in [1.29, 1.82) is 0 Å². The third kappa shape index (κ3) is 4.80. The van der Waals surface area contributed by atoms with Crippen molar-refractivity contribution in [2.45, 2.75) is 58.8 Å². The molecular weight excluding hydrogens is 290 g/mol. The SMILES string of the molecule is CC(C)=CC[C@]1(CO)CCCN(C(=O)C2CCC(CO)CC2)C1. The summed E-state index contributed by atoms with van der Waals surface area (Å²) in [5.41, 5.74) is 1.11. The van der Waals surface area contributed by atoms with Gasteiger partial charge in [-0.3, -0.25) is 4.79 Å². The molecule has 0 unspecified atom stereocenters. The maximum Gasteiger partial charge on any atom is 0.225 e. The van der Waals surface area contributed by atoms with Gasteiger partial charge in [0.15, 0.2) is 0 Å². The van der Waals surface area contributed by atoms with Gasteiger partial charge >= 0.3 is 0 Å². The van der Waals surface area contributed by atoms with Crippen molar-refractivity contribution in [3.8, 4) is 0 Å². The molecule has 0 spiro atoms. The highest BCUT2D eigenvalue weighted by atomic mass is 16.3. The molecule has 23 heavy (non-hydrogen) atoms. The highest BCUT2D eigenvalue weighted by Crippen LogP contribution is 2.36. The van der Waals surface area contributed by atoms with Crippen LogP contribution in [0.5, 0.6) is 0 Å². The number of hydrogen-bond donors (Lipinski definition) is 2. The third-order valence-corrected chi connectivity index (χ3v) is 5.71. The van der Waals surface area contributed by atoms with Crippen LogP contribution in [0.2, 0.25) is 0 Å². The van der Waals surface area contributed by atoms with Crippen molar-refractivity contribution in [2.75, 3.05) is 26.3 Å². The number of piperidine rings is 1. The zero-order valence-electron chi connectivity index (χ0n) is 14.8. The van der Waals surface area contributed by atoms with E-state index >= 15 is 0 Å². The number of rotatable bonds is 5. The molecule has 4 nitrogen and oxygen atoms in total. The van der Waals surface area contributed by atoms with Crippen molar-refractivity contribution in [2.24, 2.45) is 17.3 Å². The second-order valence-corrected chi connectivity index (χ2v) is 7.91. The second kappa shape index (κ2) is 8.29. The van der Waals surface area contributed by atoms with E-state index in [2.05, 4.69) is 19.9 Å². The van der Waals surface area contributed by atoms with E-state index < -0.39 is 0 Å². The van der Waals surface area contributed by atoms with Gasteiger partial charge < -0.3 is 15.1 Å². The maximum atomic E-state index is 12.9. The molecule has 0 aromatic carbocycles. The molecule has 4 heteroatoms. The van der Waals surface area contributed by atoms with Crippen molar-refractivity contribution in [3.63, 3.8) is 0 Å². The fourth-order valence-corrected chi connectivity index (χ4v) is 4.03. The van der Waals surface area contributed by atoms with Gasteiger partial charge in [0.05, 0.1) is 6.61 Å². The Hall–Kier alpha value is -0.870. The number of hydrogen-bond acceptors (Lipinski definition) is 3. The standard InChI is InChI=1S/C19H33NO3/c1-15(2)8-10-19(14-22)9-3-11-20(13-19)18(23)17-6-4-16(12-21)5-7-17/h8,16-17,21-22H,3-7,9-14H2,1-2H3/t16?,17?,19-/m1/s1. The molecule has 1 aliphatic carbocycles. The van der Waals surface area contributed by atoms with Crippen molar-refractivity contribution in [1.82, 2.24) is 4.90 Å². The summed E-state index contributed by atoms with van der Waals surface area (Å²) in [6.07, 6.45) is 8.75. The van der Waals surface area contributed by atoms with E-state index in [4.69, 9.17) is 0 Å². The first-order valence-corrected chi connectivity index (χ1v) is 9.13. The first-order valence-electron chi connectivity index (χ1n) is 9.13. The predicted molar refractivity (Wildman–Crippen MR) is 91.9 cm³/mol. The van der Waals surface area contributed by atoms with Gasteiger partial charge in [-0.25, -0.2) is 0 Å². The normalized spacial score (nSPS) is 31.7. The fourth-order valence-electron chi connectivity index (χ4n) is 4.03. The van der Waals surface area contributed by atoms with Gasteiger partial charge in [0.2, 0.25) is 5.91 Å². The van der Waals surface area contributed by atoms with Crippen LogP contribution in [-0.2, 0) is 4.79 Å². The Balaban J connectivity index is 1.96. The number of carbonyl (C=O) groups excluding carboxylic acids is 1. The summed E-state index contributed by atoms with van der Waals surface area (Å²) < 4.78 is 0. The van der Waals surface area contributed by atoms with Crippen LogP contribution in [0.25, 0.3) is 0 Å². The first kappa shape index (κ1) is 18.5. The quantitative estimate of drug-likeness (QED) is 0.765. The number of amides is 1. The average Bonchev–Trinajstić information content (AvgIpc) is 2.59. The molecule has 132 valence electrons. The van der Waals surface area contributed by atoms with Crippen LogP contribution >= 0.6 is 0 Å². The predicted octanol–water partition coefficient (Wildman–Crippen LogP) is 2.74. The van der Waals surface area contributed by atoms with Gasteiger partial charge in [0.1, 0.15) is 0 Å². The van der Waals surface area contributed by atoms with Crippen LogP contribution < -0.4 is 0 Å². The number of carbonyl (C=O) groups is 1. The van der Waals surface area contributed by atoms with Crippen molar-refractivity contribution in [3.05, 3.63) is 11.6 Å². The van der Waals surface area contributed by atoms with E-state index in [1.54, 1.807) is 0 Å². The summed E-state index contributed by atoms with van der Waals surface area (Å²) in [7, 11) is 0. The van der Waals surface area contributed by atoms with Gasteiger partial charge in [-0.2, -0.15) is 0 Å². The lowest BCUT2D eigenvalue weighted by Gasteiger charge is -2.43. The van der Waals surface area contributed by atoms with E-state index in [-0.39, 0.29) is 30.5 Å². The number of likely N-dealkylation sites (tertiary alicyclic amines) is 1. The molecule has 1 atom stereocenters. The molecule has 1 saturated carbocycles. The molecule has 1 heterocycles. The lowest BCUT2D eigenvalue weighted by molar-refractivity contribution is -0.141. The van der Waals surface area contributed by atoms with Gasteiger partial charge in [-0.1, -0.05) is 11.6 Å². The minimum atomic E-state index is -0.159. The van der Waals surface area contributed by atoms with E-state index in [9.17, 15) is 15.0 Å². The molecule has 1 amide bonds. The smallest absolute Gasteiger partial charge is 0.225 e. The summed E-state index contributed by atoms with van der Waals surface area (Å²) in [6, 6.07) is 0. The molecule has 0 radical (unpaired) electrons. The highest BCUT2D eigenvalue weighted by molar-refractivity contribution is 5.79. The summed E-state index contributed by atoms with van der Waals surface area (Å²) >= 11 is 0. The monoisotopic (exact) mass is 323 g/mol. The molecule has 0 aromatic rings. The number of allylic oxidation sites excluding steroid dienone is 2. The number of aliphatic hydroxyl groups is 2. The summed E-state index contributed by atoms with van der Waals surface area (Å²) in [4.78, 5) is 14.9. The van der Waals surface area contributed by atoms with Gasteiger partial charge in [-0.05, 0) is 64.7 Å². The third-order valence-electron chi connectivity index (χ3n) is 5.71. The Bertz CT molecular complexity index is 422. The topological polar surface area (TPSA) is 60.8 Å². The first-order chi connectivity index (χ1) is 11.0. The lowest BCUT2D eigenvalue weighted by atomic mass is 9.76. The summed E-state index contributed by atoms with van der Waals surface area (Å²) in [5, 5.41) is 19.2. The zero-order valence-corrected chi connectivity index (χ0v) is 14.8. The van der Waals surface area contributed by atoms with Crippen LogP contribution in [0.3, 0.4) is 0 Å². The summed E-state index contributed by atoms with van der Waals surface area (Å²) in [6.45, 7) is 6.08. The largest absolute Gasteiger partial charge is 0.396 e. The van der Waals surface area contributed by atoms with E-state index in [0.29, 0.717) is 12.5 Å². The van der Waals surface area contributed by atoms with Crippen LogP contribution in [-0.4, -0.2) is 47.3 Å². The van der Waals surface area contributed by atoms with Gasteiger partial charge in [0, 0.05) is 31.0 Å². The average molecular weight is 323 g/mol. The molecular formula is C19H33NO3. The molecule has 1 saturated heterocycles. The number of aliphatic hydroxyl groups excluding tert-OH is 2. The molecule has 2 rings (SSSR count). The van der Waals surface area contributed by atoms with E-state index in [1.165, 1.54) is 5.57 Å². The Morgan fingerprint density at radius 1 is 1.22 bits per heavy atom. The maximum absolute atomic E-state index is 12.9. The van der Waals surface area contributed by atoms with Gasteiger partial charge in [-0.15, -0.1) is 0 Å². The van der Waals surface area contributed by atoms with Crippen LogP contribution in [0, 0.1) is 17.3 Å². The second-order valence-electron chi connectivity index (χ2n) is 7.91. The minimum Gasteiger partial charge on any atom is -0.396 e. The highest BCUT2D eigenvalue weighted by Gasteiger charge is 2.38. The van der Waals surface area contributed by atoms with E-state index in [0.717, 1.165) is 51.5 Å². The van der Waals surface area contributed by atoms with Crippen LogP contribution in [0.1, 0.15) is 58.8 Å². The Kier molecular flexibility index (Phi) is 6.66. The van der Waals surface area contributed by atoms with Crippen LogP contribution in [0.15, 0.2) is 11.6 Å². The van der Waals surface area contributed by atoms with E-state index in [1.807, 2.05) is 4.90 Å². The Labute approximate surface area is 140 Å². The van der Waals surface area contributed by atoms with Crippen LogP contribution in [0.4, 0.5) is 0 Å². The lowest BCUT2D eigenvalue weighted by Crippen LogP contribution is -2.49. The zero-order chi connectivity index (χ0) is 16.9. The minimum absolute atomic E-state index is 0.121. The van der Waals surface area contributed by atoms with Crippen molar-refractivity contribution >= 4 is 5.91 Å². The number of nitrogens with zero attached hydrogens (tertiary/aromatic N) is 1. The fraction of sp³-hybridized carbons (Fsp3) is 0.842.